The van der Waals surface area contributed by atoms with E-state index in [1.807, 2.05) is 0 Å². The van der Waals surface area contributed by atoms with E-state index in [-0.39, 0.29) is 12.4 Å². The van der Waals surface area contributed by atoms with Gasteiger partial charge in [-0.15, -0.1) is 5.10 Å². The van der Waals surface area contributed by atoms with Crippen LogP contribution >= 0.6 is 27.7 Å². The fourth-order valence-electron chi connectivity index (χ4n) is 1.59. The molecule has 0 bridgehead atoms. The molecule has 2 unspecified atom stereocenters. The fourth-order valence-corrected chi connectivity index (χ4v) is 3.05. The van der Waals surface area contributed by atoms with Gasteiger partial charge in [0.05, 0.1) is 6.10 Å². The minimum atomic E-state index is -0.0426. The van der Waals surface area contributed by atoms with Gasteiger partial charge in [0.1, 0.15) is 6.33 Å². The molecule has 17 heavy (non-hydrogen) atoms. The summed E-state index contributed by atoms with van der Waals surface area (Å²) in [4.78, 5) is 4.06. The van der Waals surface area contributed by atoms with Crippen molar-refractivity contribution in [3.8, 4) is 0 Å². The molecule has 1 N–H and O–H groups in total. The summed E-state index contributed by atoms with van der Waals surface area (Å²) in [5.41, 5.74) is 0. The van der Waals surface area contributed by atoms with E-state index in [9.17, 15) is 0 Å². The molecule has 0 amide bonds. The Morgan fingerprint density at radius 2 is 2.59 bits per heavy atom. The molecule has 1 fully saturated rings. The van der Waals surface area contributed by atoms with Crippen LogP contribution in [0.5, 0.6) is 0 Å². The number of thioether (sulfide) groups is 1. The van der Waals surface area contributed by atoms with Gasteiger partial charge in [-0.2, -0.15) is 0 Å². The topological polar surface area (TPSA) is 60.0 Å². The Balaban J connectivity index is 1.72. The molecule has 96 valence electrons. The number of nitrogens with zero attached hydrogens (tertiary/aromatic N) is 2. The van der Waals surface area contributed by atoms with E-state index in [2.05, 4.69) is 31.1 Å². The van der Waals surface area contributed by atoms with Gasteiger partial charge in [0.2, 0.25) is 5.16 Å². The highest BCUT2D eigenvalue weighted by Gasteiger charge is 2.19. The molecule has 1 aromatic rings. The quantitative estimate of drug-likeness (QED) is 0.643. The summed E-state index contributed by atoms with van der Waals surface area (Å²) in [5.74, 6) is 0.822. The molecule has 2 rings (SSSR count). The van der Waals surface area contributed by atoms with Crippen LogP contribution in [0.3, 0.4) is 0 Å². The molecule has 7 heteroatoms. The largest absolute Gasteiger partial charge is 0.353 e. The van der Waals surface area contributed by atoms with Crippen molar-refractivity contribution in [3.63, 3.8) is 0 Å². The average molecular weight is 322 g/mol. The maximum atomic E-state index is 5.88. The van der Waals surface area contributed by atoms with Crippen LogP contribution in [0.4, 0.5) is 0 Å². The molecule has 0 aromatic carbocycles. The number of hydrogen-bond acceptors (Lipinski definition) is 5. The number of alkyl halides is 1. The molecule has 0 spiro atoms. The summed E-state index contributed by atoms with van der Waals surface area (Å²) in [7, 11) is 0. The van der Waals surface area contributed by atoms with Gasteiger partial charge in [0.15, 0.2) is 6.29 Å². The predicted octanol–water partition coefficient (Wildman–Crippen LogP) is 2.20. The first-order valence-electron chi connectivity index (χ1n) is 5.70. The van der Waals surface area contributed by atoms with Crippen LogP contribution < -0.4 is 0 Å². The SMILES string of the molecule is BrCC(CSc1nc[nH]n1)OC1CCCCO1. The van der Waals surface area contributed by atoms with E-state index >= 15 is 0 Å². The van der Waals surface area contributed by atoms with E-state index in [1.54, 1.807) is 18.1 Å². The molecular formula is C10H16BrN3O2S. The van der Waals surface area contributed by atoms with Crippen LogP contribution in [0, 0.1) is 0 Å². The Hall–Kier alpha value is -0.110. The molecule has 1 saturated heterocycles. The van der Waals surface area contributed by atoms with Crippen molar-refractivity contribution in [1.29, 1.82) is 0 Å². The normalized spacial score (nSPS) is 22.5. The molecule has 0 aliphatic carbocycles. The smallest absolute Gasteiger partial charge is 0.208 e. The lowest BCUT2D eigenvalue weighted by Crippen LogP contribution is -2.30. The number of hydrogen-bond donors (Lipinski definition) is 1. The summed E-state index contributed by atoms with van der Waals surface area (Å²) < 4.78 is 11.4. The third kappa shape index (κ3) is 4.57. The zero-order valence-electron chi connectivity index (χ0n) is 9.47. The van der Waals surface area contributed by atoms with E-state index < -0.39 is 0 Å². The zero-order valence-corrected chi connectivity index (χ0v) is 11.9. The van der Waals surface area contributed by atoms with Crippen LogP contribution in [0.15, 0.2) is 11.5 Å². The molecule has 1 aliphatic rings. The second-order valence-corrected chi connectivity index (χ2v) is 5.44. The lowest BCUT2D eigenvalue weighted by molar-refractivity contribution is -0.178. The number of H-pyrrole nitrogens is 1. The Bertz CT molecular complexity index is 307. The monoisotopic (exact) mass is 321 g/mol. The number of ether oxygens (including phenoxy) is 2. The molecule has 1 aromatic heterocycles. The van der Waals surface area contributed by atoms with Gasteiger partial charge in [-0.05, 0) is 19.3 Å². The summed E-state index contributed by atoms with van der Waals surface area (Å²) in [6, 6.07) is 0. The van der Waals surface area contributed by atoms with Gasteiger partial charge in [-0.25, -0.2) is 4.98 Å². The van der Waals surface area contributed by atoms with Crippen LogP contribution in [-0.4, -0.2) is 45.3 Å². The predicted molar refractivity (Wildman–Crippen MR) is 69.4 cm³/mol. The number of aromatic nitrogens is 3. The van der Waals surface area contributed by atoms with Crippen LogP contribution in [-0.2, 0) is 9.47 Å². The summed E-state index contributed by atoms with van der Waals surface area (Å²) in [5, 5.41) is 8.24. The standard InChI is InChI=1S/C10H16BrN3O2S/c11-5-8(6-17-10-12-7-13-14-10)16-9-3-1-2-4-15-9/h7-9H,1-6H2,(H,12,13,14). The third-order valence-corrected chi connectivity index (χ3v) is 4.16. The average Bonchev–Trinajstić information content (AvgIpc) is 2.89. The number of rotatable bonds is 6. The molecule has 1 aliphatic heterocycles. The molecular weight excluding hydrogens is 306 g/mol. The second kappa shape index (κ2) is 7.35. The molecule has 2 heterocycles. The van der Waals surface area contributed by atoms with Gasteiger partial charge >= 0.3 is 0 Å². The van der Waals surface area contributed by atoms with Gasteiger partial charge in [0.25, 0.3) is 0 Å². The highest BCUT2D eigenvalue weighted by atomic mass is 79.9. The second-order valence-electron chi connectivity index (χ2n) is 3.80. The van der Waals surface area contributed by atoms with Gasteiger partial charge < -0.3 is 9.47 Å². The number of aromatic amines is 1. The van der Waals surface area contributed by atoms with Crippen molar-refractivity contribution >= 4 is 27.7 Å². The fraction of sp³-hybridized carbons (Fsp3) is 0.800. The first kappa shape index (κ1) is 13.3. The van der Waals surface area contributed by atoms with Crippen LogP contribution in [0.1, 0.15) is 19.3 Å². The van der Waals surface area contributed by atoms with Crippen molar-refractivity contribution in [2.24, 2.45) is 0 Å². The van der Waals surface area contributed by atoms with E-state index in [0.717, 1.165) is 35.7 Å². The third-order valence-electron chi connectivity index (χ3n) is 2.45. The van der Waals surface area contributed by atoms with Gasteiger partial charge in [0, 0.05) is 17.7 Å². The maximum Gasteiger partial charge on any atom is 0.208 e. The summed E-state index contributed by atoms with van der Waals surface area (Å²) >= 11 is 5.05. The molecule has 2 atom stereocenters. The first-order valence-corrected chi connectivity index (χ1v) is 7.81. The maximum absolute atomic E-state index is 5.88. The Kier molecular flexibility index (Phi) is 5.76. The van der Waals surface area contributed by atoms with Crippen molar-refractivity contribution in [2.75, 3.05) is 17.7 Å². The van der Waals surface area contributed by atoms with Gasteiger partial charge in [-0.3, -0.25) is 5.10 Å². The lowest BCUT2D eigenvalue weighted by Gasteiger charge is -2.26. The lowest BCUT2D eigenvalue weighted by atomic mass is 10.2. The Morgan fingerprint density at radius 1 is 1.65 bits per heavy atom. The highest BCUT2D eigenvalue weighted by Crippen LogP contribution is 2.20. The van der Waals surface area contributed by atoms with E-state index in [4.69, 9.17) is 9.47 Å². The molecule has 0 saturated carbocycles. The minimum absolute atomic E-state index is 0.0426. The van der Waals surface area contributed by atoms with Crippen molar-refractivity contribution in [1.82, 2.24) is 15.2 Å². The van der Waals surface area contributed by atoms with E-state index in [1.165, 1.54) is 6.42 Å². The van der Waals surface area contributed by atoms with Crippen molar-refractivity contribution < 1.29 is 9.47 Å². The number of halogens is 1. The Morgan fingerprint density at radius 3 is 3.24 bits per heavy atom. The highest BCUT2D eigenvalue weighted by molar-refractivity contribution is 9.09. The zero-order chi connectivity index (χ0) is 11.9. The summed E-state index contributed by atoms with van der Waals surface area (Å²) in [6.07, 6.45) is 4.99. The van der Waals surface area contributed by atoms with Gasteiger partial charge in [-0.1, -0.05) is 27.7 Å². The first-order chi connectivity index (χ1) is 8.38. The number of nitrogens with one attached hydrogen (secondary N) is 1. The summed E-state index contributed by atoms with van der Waals surface area (Å²) in [6.45, 7) is 0.813. The van der Waals surface area contributed by atoms with Crippen molar-refractivity contribution in [2.45, 2.75) is 36.8 Å². The Labute approximate surface area is 113 Å². The van der Waals surface area contributed by atoms with E-state index in [0.29, 0.717) is 0 Å². The van der Waals surface area contributed by atoms with Crippen LogP contribution in [0.2, 0.25) is 0 Å². The van der Waals surface area contributed by atoms with Crippen molar-refractivity contribution in [3.05, 3.63) is 6.33 Å². The molecule has 5 nitrogen and oxygen atoms in total. The van der Waals surface area contributed by atoms with Crippen LogP contribution in [0.25, 0.3) is 0 Å². The molecule has 0 radical (unpaired) electrons. The minimum Gasteiger partial charge on any atom is -0.353 e.